The van der Waals surface area contributed by atoms with Gasteiger partial charge < -0.3 is 4.42 Å². The number of hydrogen-bond acceptors (Lipinski definition) is 5. The fourth-order valence-electron chi connectivity index (χ4n) is 1.86. The number of carbonyl (C=O) groups excluding carboxylic acids is 1. The first-order valence-corrected chi connectivity index (χ1v) is 6.81. The summed E-state index contributed by atoms with van der Waals surface area (Å²) < 4.78 is 5.66. The summed E-state index contributed by atoms with van der Waals surface area (Å²) in [5.41, 5.74) is 0.974. The highest BCUT2D eigenvalue weighted by Gasteiger charge is 2.05. The molecule has 114 valence electrons. The standard InChI is InChI=1S/C16H13N5O2/c1-2-21-19-16(18-20-21)17-15(22)11-9-13-8-10-14(23-13)12-6-4-3-5-7-12/h2-11H,1H2,(H,17,19,22)/b11-9+. The van der Waals surface area contributed by atoms with E-state index < -0.39 is 0 Å². The van der Waals surface area contributed by atoms with Gasteiger partial charge in [0.05, 0.1) is 0 Å². The summed E-state index contributed by atoms with van der Waals surface area (Å²) in [6.45, 7) is 3.49. The maximum Gasteiger partial charge on any atom is 0.270 e. The zero-order valence-electron chi connectivity index (χ0n) is 12.1. The number of benzene rings is 1. The Kier molecular flexibility index (Phi) is 4.10. The molecule has 2 heterocycles. The van der Waals surface area contributed by atoms with Crippen molar-refractivity contribution in [2.75, 3.05) is 5.32 Å². The second-order valence-corrected chi connectivity index (χ2v) is 4.51. The van der Waals surface area contributed by atoms with Crippen LogP contribution in [0.3, 0.4) is 0 Å². The Morgan fingerprint density at radius 3 is 2.78 bits per heavy atom. The lowest BCUT2D eigenvalue weighted by Gasteiger charge is -1.95. The summed E-state index contributed by atoms with van der Waals surface area (Å²) in [6, 6.07) is 13.4. The molecule has 7 heteroatoms. The highest BCUT2D eigenvalue weighted by molar-refractivity contribution is 6.00. The van der Waals surface area contributed by atoms with Crippen LogP contribution in [0.15, 0.2) is 59.5 Å². The van der Waals surface area contributed by atoms with Gasteiger partial charge in [0.25, 0.3) is 11.9 Å². The number of tetrazole rings is 1. The lowest BCUT2D eigenvalue weighted by atomic mass is 10.2. The Morgan fingerprint density at radius 2 is 2.04 bits per heavy atom. The van der Waals surface area contributed by atoms with E-state index in [1.54, 1.807) is 12.1 Å². The molecule has 0 saturated carbocycles. The third kappa shape index (κ3) is 3.59. The molecule has 3 aromatic rings. The fraction of sp³-hybridized carbons (Fsp3) is 0. The van der Waals surface area contributed by atoms with Gasteiger partial charge in [-0.25, -0.2) is 0 Å². The van der Waals surface area contributed by atoms with E-state index in [-0.39, 0.29) is 11.9 Å². The number of aromatic nitrogens is 4. The quantitative estimate of drug-likeness (QED) is 0.732. The van der Waals surface area contributed by atoms with Crippen LogP contribution in [0, 0.1) is 0 Å². The molecule has 1 amide bonds. The molecule has 23 heavy (non-hydrogen) atoms. The summed E-state index contributed by atoms with van der Waals surface area (Å²) in [5.74, 6) is 1.03. The average Bonchev–Trinajstić information content (AvgIpc) is 3.23. The first-order chi connectivity index (χ1) is 11.2. The highest BCUT2D eigenvalue weighted by Crippen LogP contribution is 2.22. The summed E-state index contributed by atoms with van der Waals surface area (Å²) in [6.07, 6.45) is 4.27. The minimum absolute atomic E-state index is 0.101. The number of anilines is 1. The smallest absolute Gasteiger partial charge is 0.270 e. The van der Waals surface area contributed by atoms with Crippen LogP contribution in [0.2, 0.25) is 0 Å². The molecule has 0 bridgehead atoms. The van der Waals surface area contributed by atoms with E-state index in [0.717, 1.165) is 16.1 Å². The minimum Gasteiger partial charge on any atom is -0.457 e. The number of amides is 1. The van der Waals surface area contributed by atoms with Crippen molar-refractivity contribution in [1.29, 1.82) is 0 Å². The number of hydrogen-bond donors (Lipinski definition) is 1. The molecule has 0 aliphatic heterocycles. The van der Waals surface area contributed by atoms with Crippen molar-refractivity contribution in [1.82, 2.24) is 20.2 Å². The molecule has 0 atom stereocenters. The van der Waals surface area contributed by atoms with Gasteiger partial charge >= 0.3 is 0 Å². The van der Waals surface area contributed by atoms with Gasteiger partial charge in [-0.1, -0.05) is 42.0 Å². The Morgan fingerprint density at radius 1 is 1.22 bits per heavy atom. The Bertz CT molecular complexity index is 848. The van der Waals surface area contributed by atoms with Crippen molar-refractivity contribution in [3.05, 3.63) is 60.9 Å². The van der Waals surface area contributed by atoms with E-state index in [1.807, 2.05) is 36.4 Å². The summed E-state index contributed by atoms with van der Waals surface area (Å²) in [5, 5.41) is 13.6. The first kappa shape index (κ1) is 14.5. The van der Waals surface area contributed by atoms with Crippen LogP contribution < -0.4 is 5.32 Å². The zero-order chi connectivity index (χ0) is 16.1. The number of nitrogens with zero attached hydrogens (tertiary/aromatic N) is 4. The van der Waals surface area contributed by atoms with Crippen LogP contribution in [0.1, 0.15) is 5.76 Å². The van der Waals surface area contributed by atoms with Crippen LogP contribution >= 0.6 is 0 Å². The van der Waals surface area contributed by atoms with E-state index in [9.17, 15) is 4.79 Å². The van der Waals surface area contributed by atoms with E-state index in [4.69, 9.17) is 4.42 Å². The molecule has 7 nitrogen and oxygen atoms in total. The predicted molar refractivity (Wildman–Crippen MR) is 86.0 cm³/mol. The Labute approximate surface area is 131 Å². The van der Waals surface area contributed by atoms with Crippen molar-refractivity contribution >= 4 is 24.1 Å². The van der Waals surface area contributed by atoms with Gasteiger partial charge in [-0.3, -0.25) is 10.1 Å². The number of carbonyl (C=O) groups is 1. The van der Waals surface area contributed by atoms with Crippen molar-refractivity contribution in [3.63, 3.8) is 0 Å². The van der Waals surface area contributed by atoms with Crippen molar-refractivity contribution in [2.45, 2.75) is 0 Å². The van der Waals surface area contributed by atoms with E-state index >= 15 is 0 Å². The average molecular weight is 307 g/mol. The molecule has 0 spiro atoms. The van der Waals surface area contributed by atoms with Gasteiger partial charge in [0.1, 0.15) is 11.5 Å². The van der Waals surface area contributed by atoms with Gasteiger partial charge in [0.2, 0.25) is 0 Å². The van der Waals surface area contributed by atoms with Crippen LogP contribution in [-0.2, 0) is 4.79 Å². The highest BCUT2D eigenvalue weighted by atomic mass is 16.3. The Hall–Kier alpha value is -3.48. The largest absolute Gasteiger partial charge is 0.457 e. The lowest BCUT2D eigenvalue weighted by Crippen LogP contribution is -2.09. The van der Waals surface area contributed by atoms with Gasteiger partial charge in [0.15, 0.2) is 0 Å². The minimum atomic E-state index is -0.383. The fourth-order valence-corrected chi connectivity index (χ4v) is 1.86. The number of furan rings is 1. The van der Waals surface area contributed by atoms with Crippen LogP contribution in [0.25, 0.3) is 23.6 Å². The summed E-state index contributed by atoms with van der Waals surface area (Å²) in [7, 11) is 0. The molecule has 0 unspecified atom stereocenters. The van der Waals surface area contributed by atoms with Gasteiger partial charge in [-0.05, 0) is 23.4 Å². The van der Waals surface area contributed by atoms with Crippen molar-refractivity contribution in [3.8, 4) is 11.3 Å². The second-order valence-electron chi connectivity index (χ2n) is 4.51. The van der Waals surface area contributed by atoms with Crippen LogP contribution in [0.5, 0.6) is 0 Å². The molecule has 0 aliphatic rings. The van der Waals surface area contributed by atoms with Gasteiger partial charge in [-0.15, -0.1) is 9.90 Å². The summed E-state index contributed by atoms with van der Waals surface area (Å²) in [4.78, 5) is 12.9. The Balaban J connectivity index is 1.64. The monoisotopic (exact) mass is 307 g/mol. The molecule has 1 N–H and O–H groups in total. The second kappa shape index (κ2) is 6.52. The lowest BCUT2D eigenvalue weighted by molar-refractivity contribution is -0.111. The molecule has 2 aromatic heterocycles. The maximum atomic E-state index is 11.8. The summed E-state index contributed by atoms with van der Waals surface area (Å²) >= 11 is 0. The molecule has 0 radical (unpaired) electrons. The third-order valence-electron chi connectivity index (χ3n) is 2.91. The van der Waals surface area contributed by atoms with Gasteiger partial charge in [0, 0.05) is 17.8 Å². The zero-order valence-corrected chi connectivity index (χ0v) is 12.1. The van der Waals surface area contributed by atoms with E-state index in [2.05, 4.69) is 27.3 Å². The van der Waals surface area contributed by atoms with Crippen molar-refractivity contribution in [2.24, 2.45) is 0 Å². The third-order valence-corrected chi connectivity index (χ3v) is 2.91. The van der Waals surface area contributed by atoms with Crippen LogP contribution in [-0.4, -0.2) is 26.1 Å². The molecule has 0 aliphatic carbocycles. The molecule has 3 rings (SSSR count). The maximum absolute atomic E-state index is 11.8. The number of rotatable bonds is 5. The molecule has 1 aromatic carbocycles. The van der Waals surface area contributed by atoms with Crippen molar-refractivity contribution < 1.29 is 9.21 Å². The molecular formula is C16H13N5O2. The normalized spacial score (nSPS) is 10.8. The molecule has 0 saturated heterocycles. The van der Waals surface area contributed by atoms with Crippen LogP contribution in [0.4, 0.5) is 5.95 Å². The SMILES string of the molecule is C=Cn1nnc(NC(=O)/C=C/c2ccc(-c3ccccc3)o2)n1. The topological polar surface area (TPSA) is 85.8 Å². The predicted octanol–water partition coefficient (Wildman–Crippen LogP) is 2.69. The molecular weight excluding hydrogens is 294 g/mol. The first-order valence-electron chi connectivity index (χ1n) is 6.81. The van der Waals surface area contributed by atoms with Gasteiger partial charge in [-0.2, -0.15) is 0 Å². The number of nitrogens with one attached hydrogen (secondary N) is 1. The van der Waals surface area contributed by atoms with E-state index in [0.29, 0.717) is 5.76 Å². The molecule has 0 fully saturated rings. The van der Waals surface area contributed by atoms with E-state index in [1.165, 1.54) is 12.3 Å².